The van der Waals surface area contributed by atoms with Crippen molar-refractivity contribution in [1.29, 1.82) is 0 Å². The van der Waals surface area contributed by atoms with Gasteiger partial charge < -0.3 is 14.7 Å². The third-order valence-corrected chi connectivity index (χ3v) is 4.19. The Hall–Kier alpha value is -1.39. The van der Waals surface area contributed by atoms with E-state index < -0.39 is 0 Å². The van der Waals surface area contributed by atoms with Gasteiger partial charge in [-0.15, -0.1) is 0 Å². The third-order valence-electron chi connectivity index (χ3n) is 4.19. The molecule has 0 unspecified atom stereocenters. The lowest BCUT2D eigenvalue weighted by Crippen LogP contribution is -2.36. The molecule has 130 valence electrons. The molecule has 4 heteroatoms. The van der Waals surface area contributed by atoms with E-state index in [1.165, 1.54) is 5.56 Å². The van der Waals surface area contributed by atoms with Gasteiger partial charge in [-0.1, -0.05) is 12.1 Å². The molecule has 0 saturated heterocycles. The van der Waals surface area contributed by atoms with Crippen molar-refractivity contribution in [2.24, 2.45) is 0 Å². The van der Waals surface area contributed by atoms with Gasteiger partial charge in [0, 0.05) is 18.7 Å². The Kier molecular flexibility index (Phi) is 8.28. The normalized spacial score (nSPS) is 11.3. The lowest BCUT2D eigenvalue weighted by molar-refractivity contribution is 0.0744. The molecular weight excluding hydrogens is 286 g/mol. The van der Waals surface area contributed by atoms with Crippen molar-refractivity contribution < 1.29 is 4.79 Å². The second kappa shape index (κ2) is 9.68. The zero-order valence-electron chi connectivity index (χ0n) is 15.7. The van der Waals surface area contributed by atoms with Gasteiger partial charge in [0.25, 0.3) is 5.91 Å². The monoisotopic (exact) mass is 319 g/mol. The molecule has 0 spiro atoms. The summed E-state index contributed by atoms with van der Waals surface area (Å²) in [5, 5.41) is 0. The van der Waals surface area contributed by atoms with Gasteiger partial charge in [0.15, 0.2) is 0 Å². The minimum absolute atomic E-state index is 0.170. The molecule has 1 amide bonds. The molecule has 0 N–H and O–H groups in total. The van der Waals surface area contributed by atoms with Gasteiger partial charge in [-0.05, 0) is 85.2 Å². The van der Waals surface area contributed by atoms with Crippen LogP contribution in [-0.4, -0.2) is 75.0 Å². The summed E-state index contributed by atoms with van der Waals surface area (Å²) in [6.07, 6.45) is 2.01. The van der Waals surface area contributed by atoms with E-state index in [0.717, 1.165) is 50.1 Å². The lowest BCUT2D eigenvalue weighted by atomic mass is 10.0. The van der Waals surface area contributed by atoms with Crippen LogP contribution in [0, 0.1) is 13.8 Å². The number of aryl methyl sites for hydroxylation is 1. The van der Waals surface area contributed by atoms with Crippen LogP contribution in [0.3, 0.4) is 0 Å². The van der Waals surface area contributed by atoms with Crippen LogP contribution in [0.1, 0.15) is 34.3 Å². The fraction of sp³-hybridized carbons (Fsp3) is 0.632. The number of nitrogens with zero attached hydrogens (tertiary/aromatic N) is 3. The van der Waals surface area contributed by atoms with Crippen LogP contribution in [0.2, 0.25) is 0 Å². The fourth-order valence-corrected chi connectivity index (χ4v) is 2.62. The molecule has 0 aliphatic heterocycles. The SMILES string of the molecule is Cc1cccc(C(=O)N(CCCN(C)C)CCCN(C)C)c1C. The highest BCUT2D eigenvalue weighted by Crippen LogP contribution is 2.15. The molecule has 1 aromatic rings. The summed E-state index contributed by atoms with van der Waals surface area (Å²) in [5.41, 5.74) is 3.12. The van der Waals surface area contributed by atoms with Gasteiger partial charge in [-0.25, -0.2) is 0 Å². The van der Waals surface area contributed by atoms with Gasteiger partial charge in [0.2, 0.25) is 0 Å². The molecule has 0 aliphatic rings. The van der Waals surface area contributed by atoms with Gasteiger partial charge in [-0.2, -0.15) is 0 Å². The predicted octanol–water partition coefficient (Wildman–Crippen LogP) is 2.65. The molecule has 23 heavy (non-hydrogen) atoms. The van der Waals surface area contributed by atoms with Crippen molar-refractivity contribution in [3.8, 4) is 0 Å². The van der Waals surface area contributed by atoms with Crippen LogP contribution >= 0.6 is 0 Å². The number of carbonyl (C=O) groups excluding carboxylic acids is 1. The van der Waals surface area contributed by atoms with Crippen molar-refractivity contribution in [3.05, 3.63) is 34.9 Å². The van der Waals surface area contributed by atoms with E-state index in [9.17, 15) is 4.79 Å². The summed E-state index contributed by atoms with van der Waals surface area (Å²) in [5.74, 6) is 0.170. The number of carbonyl (C=O) groups is 1. The molecule has 0 fully saturated rings. The van der Waals surface area contributed by atoms with Gasteiger partial charge in [0.1, 0.15) is 0 Å². The summed E-state index contributed by atoms with van der Waals surface area (Å²) in [4.78, 5) is 19.3. The van der Waals surface area contributed by atoms with Crippen molar-refractivity contribution in [1.82, 2.24) is 14.7 Å². The smallest absolute Gasteiger partial charge is 0.254 e. The second-order valence-electron chi connectivity index (χ2n) is 6.85. The van der Waals surface area contributed by atoms with E-state index in [0.29, 0.717) is 0 Å². The Bertz CT molecular complexity index is 483. The highest BCUT2D eigenvalue weighted by Gasteiger charge is 2.17. The summed E-state index contributed by atoms with van der Waals surface area (Å²) in [6.45, 7) is 7.75. The van der Waals surface area contributed by atoms with Crippen LogP contribution in [0.15, 0.2) is 18.2 Å². The van der Waals surface area contributed by atoms with Crippen molar-refractivity contribution >= 4 is 5.91 Å². The number of amides is 1. The van der Waals surface area contributed by atoms with E-state index in [2.05, 4.69) is 51.0 Å². The summed E-state index contributed by atoms with van der Waals surface area (Å²) >= 11 is 0. The van der Waals surface area contributed by atoms with E-state index in [4.69, 9.17) is 0 Å². The first-order valence-corrected chi connectivity index (χ1v) is 8.48. The topological polar surface area (TPSA) is 26.8 Å². The fourth-order valence-electron chi connectivity index (χ4n) is 2.62. The van der Waals surface area contributed by atoms with Crippen LogP contribution in [-0.2, 0) is 0 Å². The molecule has 1 aromatic carbocycles. The number of hydrogen-bond donors (Lipinski definition) is 0. The molecule has 0 radical (unpaired) electrons. The molecule has 1 rings (SSSR count). The zero-order valence-corrected chi connectivity index (χ0v) is 15.7. The Morgan fingerprint density at radius 1 is 0.870 bits per heavy atom. The Morgan fingerprint density at radius 3 is 1.87 bits per heavy atom. The van der Waals surface area contributed by atoms with E-state index in [-0.39, 0.29) is 5.91 Å². The van der Waals surface area contributed by atoms with Crippen LogP contribution < -0.4 is 0 Å². The molecule has 0 bridgehead atoms. The molecule has 0 aromatic heterocycles. The number of benzene rings is 1. The maximum atomic E-state index is 13.0. The maximum absolute atomic E-state index is 13.0. The van der Waals surface area contributed by atoms with Gasteiger partial charge in [0.05, 0.1) is 0 Å². The largest absolute Gasteiger partial charge is 0.339 e. The first kappa shape index (κ1) is 19.7. The summed E-state index contributed by atoms with van der Waals surface area (Å²) in [7, 11) is 8.29. The van der Waals surface area contributed by atoms with Crippen molar-refractivity contribution in [2.75, 3.05) is 54.4 Å². The Balaban J connectivity index is 2.79. The third kappa shape index (κ3) is 6.71. The molecule has 0 saturated carbocycles. The van der Waals surface area contributed by atoms with Crippen molar-refractivity contribution in [2.45, 2.75) is 26.7 Å². The molecular formula is C19H33N3O. The molecule has 0 aliphatic carbocycles. The Morgan fingerprint density at radius 2 is 1.39 bits per heavy atom. The minimum atomic E-state index is 0.170. The number of hydrogen-bond acceptors (Lipinski definition) is 3. The summed E-state index contributed by atoms with van der Waals surface area (Å²) in [6, 6.07) is 6.00. The summed E-state index contributed by atoms with van der Waals surface area (Å²) < 4.78 is 0. The lowest BCUT2D eigenvalue weighted by Gasteiger charge is -2.25. The van der Waals surface area contributed by atoms with Gasteiger partial charge >= 0.3 is 0 Å². The highest BCUT2D eigenvalue weighted by atomic mass is 16.2. The van der Waals surface area contributed by atoms with E-state index in [1.54, 1.807) is 0 Å². The quantitative estimate of drug-likeness (QED) is 0.700. The predicted molar refractivity (Wildman–Crippen MR) is 98.2 cm³/mol. The van der Waals surface area contributed by atoms with E-state index in [1.807, 2.05) is 24.0 Å². The van der Waals surface area contributed by atoms with Gasteiger partial charge in [-0.3, -0.25) is 4.79 Å². The molecule has 0 atom stereocenters. The van der Waals surface area contributed by atoms with Crippen LogP contribution in [0.4, 0.5) is 0 Å². The first-order chi connectivity index (χ1) is 10.8. The standard InChI is InChI=1S/C19H33N3O/c1-16-10-7-11-18(17(16)2)19(23)22(14-8-12-20(3)4)15-9-13-21(5)6/h7,10-11H,8-9,12-15H2,1-6H3. The Labute approximate surface area is 142 Å². The highest BCUT2D eigenvalue weighted by molar-refractivity contribution is 5.95. The van der Waals surface area contributed by atoms with Crippen LogP contribution in [0.25, 0.3) is 0 Å². The minimum Gasteiger partial charge on any atom is -0.339 e. The molecule has 0 heterocycles. The maximum Gasteiger partial charge on any atom is 0.254 e. The first-order valence-electron chi connectivity index (χ1n) is 8.48. The van der Waals surface area contributed by atoms with Crippen molar-refractivity contribution in [3.63, 3.8) is 0 Å². The van der Waals surface area contributed by atoms with Crippen LogP contribution in [0.5, 0.6) is 0 Å². The number of rotatable bonds is 9. The molecule has 4 nitrogen and oxygen atoms in total. The van der Waals surface area contributed by atoms with E-state index >= 15 is 0 Å². The zero-order chi connectivity index (χ0) is 17.4. The average Bonchev–Trinajstić information content (AvgIpc) is 2.47. The second-order valence-corrected chi connectivity index (χ2v) is 6.85. The average molecular weight is 319 g/mol.